The molecule has 2 rings (SSSR count). The number of likely N-dealkylation sites (N-methyl/N-ethyl adjacent to an activating group) is 1. The Kier molecular flexibility index (Phi) is 2.63. The highest BCUT2D eigenvalue weighted by Crippen LogP contribution is 2.29. The third kappa shape index (κ3) is 1.89. The number of benzene rings is 1. The molecule has 1 aromatic rings. The largest absolute Gasteiger partial charge is 0.315 e. The molecule has 1 aromatic carbocycles. The standard InChI is InChI=1S/C11H10N2O3S/c1-13-10-3-2-9(17(15,16)5-4-12)6-8(10)7-11(13)14/h2-3,6H,5,7H2,1H3. The van der Waals surface area contributed by atoms with Crippen LogP contribution in [0.1, 0.15) is 5.56 Å². The maximum Gasteiger partial charge on any atom is 0.231 e. The van der Waals surface area contributed by atoms with Gasteiger partial charge < -0.3 is 4.90 Å². The Morgan fingerprint density at radius 2 is 2.18 bits per heavy atom. The predicted octanol–water partition coefficient (Wildman–Crippen LogP) is 0.503. The smallest absolute Gasteiger partial charge is 0.231 e. The van der Waals surface area contributed by atoms with Gasteiger partial charge in [-0.1, -0.05) is 0 Å². The van der Waals surface area contributed by atoms with E-state index in [2.05, 4.69) is 0 Å². The first-order valence-electron chi connectivity index (χ1n) is 4.95. The molecule has 0 N–H and O–H groups in total. The fourth-order valence-corrected chi connectivity index (χ4v) is 2.74. The molecule has 0 bridgehead atoms. The molecule has 17 heavy (non-hydrogen) atoms. The number of carbonyl (C=O) groups is 1. The van der Waals surface area contributed by atoms with Crippen LogP contribution in [0.25, 0.3) is 0 Å². The van der Waals surface area contributed by atoms with E-state index in [9.17, 15) is 13.2 Å². The van der Waals surface area contributed by atoms with Crippen molar-refractivity contribution in [2.45, 2.75) is 11.3 Å². The van der Waals surface area contributed by atoms with Crippen LogP contribution in [0.5, 0.6) is 0 Å². The number of rotatable bonds is 2. The second-order valence-electron chi connectivity index (χ2n) is 3.84. The van der Waals surface area contributed by atoms with Crippen LogP contribution in [0, 0.1) is 11.3 Å². The van der Waals surface area contributed by atoms with Gasteiger partial charge in [-0.2, -0.15) is 5.26 Å². The van der Waals surface area contributed by atoms with Crippen LogP contribution >= 0.6 is 0 Å². The number of anilines is 1. The summed E-state index contributed by atoms with van der Waals surface area (Å²) in [5, 5.41) is 8.45. The SMILES string of the molecule is CN1C(=O)Cc2cc(S(=O)(=O)CC#N)ccc21. The van der Waals surface area contributed by atoms with Gasteiger partial charge in [0.05, 0.1) is 17.4 Å². The zero-order valence-electron chi connectivity index (χ0n) is 9.17. The molecular formula is C11H10N2O3S. The predicted molar refractivity (Wildman–Crippen MR) is 61.2 cm³/mol. The number of fused-ring (bicyclic) bond motifs is 1. The summed E-state index contributed by atoms with van der Waals surface area (Å²) >= 11 is 0. The topological polar surface area (TPSA) is 78.2 Å². The van der Waals surface area contributed by atoms with Crippen LogP contribution in [0.4, 0.5) is 5.69 Å². The van der Waals surface area contributed by atoms with Gasteiger partial charge in [0.1, 0.15) is 5.75 Å². The molecule has 0 aromatic heterocycles. The molecule has 0 saturated heterocycles. The molecule has 1 heterocycles. The molecule has 1 amide bonds. The van der Waals surface area contributed by atoms with Gasteiger partial charge in [0.15, 0.2) is 9.84 Å². The Morgan fingerprint density at radius 1 is 1.47 bits per heavy atom. The van der Waals surface area contributed by atoms with Crippen molar-refractivity contribution in [3.8, 4) is 6.07 Å². The first-order valence-corrected chi connectivity index (χ1v) is 6.60. The van der Waals surface area contributed by atoms with Gasteiger partial charge in [-0.3, -0.25) is 4.79 Å². The molecule has 0 atom stereocenters. The Morgan fingerprint density at radius 3 is 2.82 bits per heavy atom. The van der Waals surface area contributed by atoms with E-state index in [-0.39, 0.29) is 17.2 Å². The van der Waals surface area contributed by atoms with E-state index < -0.39 is 15.6 Å². The lowest BCUT2D eigenvalue weighted by molar-refractivity contribution is -0.117. The van der Waals surface area contributed by atoms with Crippen LogP contribution in [-0.2, 0) is 21.1 Å². The van der Waals surface area contributed by atoms with Crippen molar-refractivity contribution in [2.24, 2.45) is 0 Å². The van der Waals surface area contributed by atoms with Crippen LogP contribution in [0.3, 0.4) is 0 Å². The number of nitrogens with zero attached hydrogens (tertiary/aromatic N) is 2. The molecule has 6 heteroatoms. The molecule has 0 aliphatic carbocycles. The molecule has 0 fully saturated rings. The number of hydrogen-bond donors (Lipinski definition) is 0. The number of sulfone groups is 1. The van der Waals surface area contributed by atoms with E-state index in [1.165, 1.54) is 17.0 Å². The van der Waals surface area contributed by atoms with E-state index in [0.717, 1.165) is 5.69 Å². The van der Waals surface area contributed by atoms with Gasteiger partial charge in [-0.25, -0.2) is 8.42 Å². The highest BCUT2D eigenvalue weighted by atomic mass is 32.2. The summed E-state index contributed by atoms with van der Waals surface area (Å²) in [6, 6.07) is 6.13. The molecule has 0 saturated carbocycles. The van der Waals surface area contributed by atoms with Crippen molar-refractivity contribution in [3.05, 3.63) is 23.8 Å². The lowest BCUT2D eigenvalue weighted by Crippen LogP contribution is -2.20. The molecule has 1 aliphatic rings. The molecule has 0 unspecified atom stereocenters. The second-order valence-corrected chi connectivity index (χ2v) is 5.83. The molecule has 88 valence electrons. The van der Waals surface area contributed by atoms with Crippen LogP contribution in [0.2, 0.25) is 0 Å². The van der Waals surface area contributed by atoms with Crippen molar-refractivity contribution in [1.82, 2.24) is 0 Å². The van der Waals surface area contributed by atoms with Gasteiger partial charge in [-0.15, -0.1) is 0 Å². The normalized spacial score (nSPS) is 14.6. The summed E-state index contributed by atoms with van der Waals surface area (Å²) in [4.78, 5) is 13.0. The molecular weight excluding hydrogens is 240 g/mol. The van der Waals surface area contributed by atoms with E-state index in [1.807, 2.05) is 0 Å². The third-order valence-electron chi connectivity index (χ3n) is 2.74. The Balaban J connectivity index is 2.48. The summed E-state index contributed by atoms with van der Waals surface area (Å²) in [5.41, 5.74) is 1.42. The van der Waals surface area contributed by atoms with Crippen molar-refractivity contribution >= 4 is 21.4 Å². The van der Waals surface area contributed by atoms with Gasteiger partial charge in [0, 0.05) is 12.7 Å². The number of nitriles is 1. The van der Waals surface area contributed by atoms with Gasteiger partial charge in [0.2, 0.25) is 5.91 Å². The van der Waals surface area contributed by atoms with E-state index in [1.54, 1.807) is 19.2 Å². The van der Waals surface area contributed by atoms with Crippen LogP contribution < -0.4 is 4.90 Å². The first-order chi connectivity index (χ1) is 7.95. The van der Waals surface area contributed by atoms with E-state index in [0.29, 0.717) is 5.56 Å². The van der Waals surface area contributed by atoms with Crippen LogP contribution in [0.15, 0.2) is 23.1 Å². The molecule has 0 spiro atoms. The lowest BCUT2D eigenvalue weighted by atomic mass is 10.2. The highest BCUT2D eigenvalue weighted by Gasteiger charge is 2.26. The molecule has 5 nitrogen and oxygen atoms in total. The molecule has 0 radical (unpaired) electrons. The summed E-state index contributed by atoms with van der Waals surface area (Å²) in [5.74, 6) is -0.606. The summed E-state index contributed by atoms with van der Waals surface area (Å²) in [7, 11) is -1.91. The van der Waals surface area contributed by atoms with Crippen molar-refractivity contribution in [3.63, 3.8) is 0 Å². The number of hydrogen-bond acceptors (Lipinski definition) is 4. The van der Waals surface area contributed by atoms with Gasteiger partial charge in [-0.05, 0) is 23.8 Å². The Bertz CT molecular complexity index is 629. The first kappa shape index (κ1) is 11.6. The summed E-state index contributed by atoms with van der Waals surface area (Å²) in [6.07, 6.45) is 0.210. The summed E-state index contributed by atoms with van der Waals surface area (Å²) < 4.78 is 23.3. The van der Waals surface area contributed by atoms with E-state index in [4.69, 9.17) is 5.26 Å². The van der Waals surface area contributed by atoms with Crippen molar-refractivity contribution < 1.29 is 13.2 Å². The summed E-state index contributed by atoms with van der Waals surface area (Å²) in [6.45, 7) is 0. The van der Waals surface area contributed by atoms with Crippen molar-refractivity contribution in [1.29, 1.82) is 5.26 Å². The quantitative estimate of drug-likeness (QED) is 0.765. The minimum Gasteiger partial charge on any atom is -0.315 e. The Labute approximate surface area is 99.2 Å². The van der Waals surface area contributed by atoms with Crippen LogP contribution in [-0.4, -0.2) is 27.1 Å². The average Bonchev–Trinajstić information content (AvgIpc) is 2.54. The number of amides is 1. The van der Waals surface area contributed by atoms with Crippen molar-refractivity contribution in [2.75, 3.05) is 17.7 Å². The minimum atomic E-state index is -3.56. The zero-order chi connectivity index (χ0) is 12.6. The molecule has 1 aliphatic heterocycles. The highest BCUT2D eigenvalue weighted by molar-refractivity contribution is 7.91. The third-order valence-corrected chi connectivity index (χ3v) is 4.22. The minimum absolute atomic E-state index is 0.0603. The lowest BCUT2D eigenvalue weighted by Gasteiger charge is -2.10. The fraction of sp³-hybridized carbons (Fsp3) is 0.273. The second kappa shape index (κ2) is 3.86. The maximum atomic E-state index is 11.7. The number of carbonyl (C=O) groups excluding carboxylic acids is 1. The Hall–Kier alpha value is -1.87. The zero-order valence-corrected chi connectivity index (χ0v) is 9.99. The van der Waals surface area contributed by atoms with Gasteiger partial charge >= 0.3 is 0 Å². The van der Waals surface area contributed by atoms with E-state index >= 15 is 0 Å². The maximum absolute atomic E-state index is 11.7. The fourth-order valence-electron chi connectivity index (χ4n) is 1.81. The average molecular weight is 250 g/mol. The monoisotopic (exact) mass is 250 g/mol. The van der Waals surface area contributed by atoms with Gasteiger partial charge in [0.25, 0.3) is 0 Å².